The number of carbonyl (C=O) groups excluding carboxylic acids is 1. The molecule has 3 aromatic rings. The van der Waals surface area contributed by atoms with Crippen LogP contribution in [0.1, 0.15) is 41.6 Å². The van der Waals surface area contributed by atoms with E-state index >= 15 is 0 Å². The number of piperidine rings is 1. The Labute approximate surface area is 200 Å². The maximum Gasteiger partial charge on any atom is 0.252 e. The molecule has 4 N–H and O–H groups in total. The summed E-state index contributed by atoms with van der Waals surface area (Å²) in [7, 11) is 0. The topological polar surface area (TPSA) is 107 Å². The van der Waals surface area contributed by atoms with E-state index in [0.717, 1.165) is 43.6 Å². The number of hydrogen-bond donors (Lipinski definition) is 3. The van der Waals surface area contributed by atoms with Gasteiger partial charge in [0.05, 0.1) is 17.3 Å². The Bertz CT molecular complexity index is 1130. The first-order valence-electron chi connectivity index (χ1n) is 11.7. The molecule has 0 unspecified atom stereocenters. The lowest BCUT2D eigenvalue weighted by Crippen LogP contribution is -2.33. The van der Waals surface area contributed by atoms with E-state index in [1.165, 1.54) is 11.9 Å². The molecular weight excluding hydrogens is 424 g/mol. The SMILES string of the molecule is N#CCCC1CCN(c2ccc(Nc3cc(NCc4ccccc4)c(C(N)=O)cn3)cc2)CC1. The summed E-state index contributed by atoms with van der Waals surface area (Å²) >= 11 is 0. The fourth-order valence-electron chi connectivity index (χ4n) is 4.31. The molecule has 7 heteroatoms. The van der Waals surface area contributed by atoms with Gasteiger partial charge in [0.2, 0.25) is 0 Å². The number of benzene rings is 2. The van der Waals surface area contributed by atoms with Gasteiger partial charge in [-0.05, 0) is 55.0 Å². The molecule has 0 radical (unpaired) electrons. The fraction of sp³-hybridized carbons (Fsp3) is 0.296. The van der Waals surface area contributed by atoms with E-state index in [1.54, 1.807) is 0 Å². The molecule has 1 aliphatic heterocycles. The predicted molar refractivity (Wildman–Crippen MR) is 136 cm³/mol. The van der Waals surface area contributed by atoms with E-state index in [0.29, 0.717) is 36.0 Å². The van der Waals surface area contributed by atoms with E-state index < -0.39 is 5.91 Å². The minimum atomic E-state index is -0.518. The molecule has 174 valence electrons. The molecule has 1 saturated heterocycles. The van der Waals surface area contributed by atoms with Crippen molar-refractivity contribution in [1.29, 1.82) is 5.26 Å². The molecule has 0 saturated carbocycles. The van der Waals surface area contributed by atoms with Gasteiger partial charge in [-0.1, -0.05) is 30.3 Å². The number of carbonyl (C=O) groups is 1. The highest BCUT2D eigenvalue weighted by Gasteiger charge is 2.19. The zero-order valence-electron chi connectivity index (χ0n) is 19.2. The van der Waals surface area contributed by atoms with Crippen molar-refractivity contribution in [1.82, 2.24) is 4.98 Å². The standard InChI is InChI=1S/C27H30N6O/c28-14-4-7-20-12-15-33(16-13-20)23-10-8-22(9-11-23)32-26-17-25(24(19-31-26)27(29)34)30-18-21-5-2-1-3-6-21/h1-3,5-6,8-11,17,19-20H,4,7,12-13,15-16,18H2,(H2,29,34)(H2,30,31,32). The second-order valence-electron chi connectivity index (χ2n) is 8.62. The van der Waals surface area contributed by atoms with Crippen molar-refractivity contribution in [3.05, 3.63) is 78.0 Å². The van der Waals surface area contributed by atoms with Crippen molar-refractivity contribution < 1.29 is 4.79 Å². The first kappa shape index (κ1) is 23.1. The number of nitrogens with one attached hydrogen (secondary N) is 2. The van der Waals surface area contributed by atoms with E-state index in [2.05, 4.69) is 38.7 Å². The van der Waals surface area contributed by atoms with Gasteiger partial charge in [0.1, 0.15) is 5.82 Å². The molecule has 0 bridgehead atoms. The quantitative estimate of drug-likeness (QED) is 0.417. The lowest BCUT2D eigenvalue weighted by Gasteiger charge is -2.33. The van der Waals surface area contributed by atoms with Crippen LogP contribution in [0.2, 0.25) is 0 Å². The Morgan fingerprint density at radius 2 is 1.85 bits per heavy atom. The summed E-state index contributed by atoms with van der Waals surface area (Å²) < 4.78 is 0. The number of aromatic nitrogens is 1. The largest absolute Gasteiger partial charge is 0.380 e. The van der Waals surface area contributed by atoms with Crippen molar-refractivity contribution in [3.8, 4) is 6.07 Å². The van der Waals surface area contributed by atoms with Gasteiger partial charge < -0.3 is 21.3 Å². The summed E-state index contributed by atoms with van der Waals surface area (Å²) in [4.78, 5) is 18.6. The predicted octanol–water partition coefficient (Wildman–Crippen LogP) is 5.06. The smallest absolute Gasteiger partial charge is 0.252 e. The van der Waals surface area contributed by atoms with Crippen LogP contribution in [0.25, 0.3) is 0 Å². The van der Waals surface area contributed by atoms with E-state index in [-0.39, 0.29) is 0 Å². The first-order valence-corrected chi connectivity index (χ1v) is 11.7. The van der Waals surface area contributed by atoms with Gasteiger partial charge in [-0.2, -0.15) is 5.26 Å². The molecule has 0 atom stereocenters. The number of nitriles is 1. The first-order chi connectivity index (χ1) is 16.6. The Hall–Kier alpha value is -4.05. The molecule has 7 nitrogen and oxygen atoms in total. The minimum absolute atomic E-state index is 0.356. The summed E-state index contributed by atoms with van der Waals surface area (Å²) in [5, 5.41) is 15.4. The normalized spacial score (nSPS) is 13.8. The van der Waals surface area contributed by atoms with Gasteiger partial charge in [-0.3, -0.25) is 4.79 Å². The second kappa shape index (κ2) is 11.2. The van der Waals surface area contributed by atoms with Crippen LogP contribution in [0, 0.1) is 17.2 Å². The Balaban J connectivity index is 1.39. The van der Waals surface area contributed by atoms with Gasteiger partial charge in [-0.15, -0.1) is 0 Å². The second-order valence-corrected chi connectivity index (χ2v) is 8.62. The van der Waals surface area contributed by atoms with Crippen molar-refractivity contribution in [2.24, 2.45) is 11.7 Å². The van der Waals surface area contributed by atoms with Crippen molar-refractivity contribution in [2.45, 2.75) is 32.2 Å². The Morgan fingerprint density at radius 1 is 1.12 bits per heavy atom. The Kier molecular flexibility index (Phi) is 7.61. The third kappa shape index (κ3) is 6.04. The van der Waals surface area contributed by atoms with Gasteiger partial charge in [0.15, 0.2) is 0 Å². The number of primary amides is 1. The van der Waals surface area contributed by atoms with E-state index in [9.17, 15) is 4.79 Å². The van der Waals surface area contributed by atoms with Crippen LogP contribution >= 0.6 is 0 Å². The molecule has 0 aliphatic carbocycles. The molecule has 4 rings (SSSR count). The van der Waals surface area contributed by atoms with Gasteiger partial charge in [0.25, 0.3) is 5.91 Å². The van der Waals surface area contributed by atoms with Crippen LogP contribution in [0.5, 0.6) is 0 Å². The molecule has 1 aromatic heterocycles. The third-order valence-electron chi connectivity index (χ3n) is 6.28. The summed E-state index contributed by atoms with van der Waals surface area (Å²) in [5.74, 6) is 0.776. The third-order valence-corrected chi connectivity index (χ3v) is 6.28. The van der Waals surface area contributed by atoms with Gasteiger partial charge >= 0.3 is 0 Å². The number of nitrogens with two attached hydrogens (primary N) is 1. The molecule has 0 spiro atoms. The minimum Gasteiger partial charge on any atom is -0.380 e. The average molecular weight is 455 g/mol. The highest BCUT2D eigenvalue weighted by Crippen LogP contribution is 2.28. The number of pyridine rings is 1. The Morgan fingerprint density at radius 3 is 2.53 bits per heavy atom. The molecule has 34 heavy (non-hydrogen) atoms. The number of nitrogens with zero attached hydrogens (tertiary/aromatic N) is 3. The number of amides is 1. The molecule has 1 aliphatic rings. The maximum absolute atomic E-state index is 11.9. The molecule has 2 aromatic carbocycles. The van der Waals surface area contributed by atoms with Crippen LogP contribution in [-0.4, -0.2) is 24.0 Å². The van der Waals surface area contributed by atoms with E-state index in [4.69, 9.17) is 11.0 Å². The summed E-state index contributed by atoms with van der Waals surface area (Å²) in [6.07, 6.45) is 5.44. The van der Waals surface area contributed by atoms with Crippen LogP contribution in [0.15, 0.2) is 66.9 Å². The van der Waals surface area contributed by atoms with Crippen molar-refractivity contribution >= 4 is 28.8 Å². The zero-order valence-corrected chi connectivity index (χ0v) is 19.2. The monoisotopic (exact) mass is 454 g/mol. The number of rotatable bonds is 9. The number of anilines is 4. The summed E-state index contributed by atoms with van der Waals surface area (Å²) in [6, 6.07) is 22.3. The lowest BCUT2D eigenvalue weighted by molar-refractivity contribution is 0.100. The van der Waals surface area contributed by atoms with Gasteiger partial charge in [-0.25, -0.2) is 4.98 Å². The highest BCUT2D eigenvalue weighted by atomic mass is 16.1. The van der Waals surface area contributed by atoms with Crippen LogP contribution in [0.3, 0.4) is 0 Å². The van der Waals surface area contributed by atoms with Gasteiger partial charge in [0, 0.05) is 49.7 Å². The van der Waals surface area contributed by atoms with Crippen molar-refractivity contribution in [2.75, 3.05) is 28.6 Å². The fourth-order valence-corrected chi connectivity index (χ4v) is 4.31. The summed E-state index contributed by atoms with van der Waals surface area (Å²) in [6.45, 7) is 2.62. The van der Waals surface area contributed by atoms with Crippen LogP contribution in [-0.2, 0) is 6.54 Å². The molecular formula is C27H30N6O. The lowest BCUT2D eigenvalue weighted by atomic mass is 9.92. The molecule has 2 heterocycles. The van der Waals surface area contributed by atoms with Crippen LogP contribution < -0.4 is 21.3 Å². The van der Waals surface area contributed by atoms with Crippen molar-refractivity contribution in [3.63, 3.8) is 0 Å². The molecule has 1 fully saturated rings. The van der Waals surface area contributed by atoms with E-state index in [1.807, 2.05) is 48.5 Å². The maximum atomic E-state index is 11.9. The number of hydrogen-bond acceptors (Lipinski definition) is 6. The highest BCUT2D eigenvalue weighted by molar-refractivity contribution is 5.98. The summed E-state index contributed by atoms with van der Waals surface area (Å²) in [5.41, 5.74) is 9.77. The molecule has 1 amide bonds. The van der Waals surface area contributed by atoms with Crippen LogP contribution in [0.4, 0.5) is 22.9 Å². The average Bonchev–Trinajstić information content (AvgIpc) is 2.87. The zero-order chi connectivity index (χ0) is 23.8.